The van der Waals surface area contributed by atoms with Crippen molar-refractivity contribution < 1.29 is 83.3 Å². The van der Waals surface area contributed by atoms with E-state index in [2.05, 4.69) is 20.8 Å². The normalized spacial score (nSPS) is 24.5. The second kappa shape index (κ2) is 15.6. The molecule has 3 amide bonds. The Balaban J connectivity index is 0.00000504. The molecule has 2 bridgehead atoms. The van der Waals surface area contributed by atoms with Gasteiger partial charge < -0.3 is 55.7 Å². The fourth-order valence-corrected chi connectivity index (χ4v) is 8.80. The number of carbonyl (C=O) groups is 5. The number of aromatic hydroxyl groups is 2. The molecule has 3 atom stereocenters. The van der Waals surface area contributed by atoms with E-state index in [1.54, 1.807) is 0 Å². The molecule has 7 rings (SSSR count). The number of oxime groups is 1. The first-order chi connectivity index (χ1) is 23.8. The van der Waals surface area contributed by atoms with Crippen LogP contribution >= 0.6 is 34.7 Å². The van der Waals surface area contributed by atoms with E-state index < -0.39 is 76.0 Å². The number of rotatable bonds is 12. The van der Waals surface area contributed by atoms with Gasteiger partial charge in [-0.15, -0.1) is 23.1 Å². The molecule has 17 nitrogen and oxygen atoms in total. The molecule has 4 fully saturated rings. The monoisotopic (exact) mass is 771 g/mol. The molecule has 0 unspecified atom stereocenters. The number of carbonyl (C=O) groups excluding carboxylic acids is 5. The standard InChI is InChI=1S/C30H32ClN7O10S2.Na/c31-19-15(1-2-17(39)23(19)40)24(41)33-9-18(28(44)45)48-36-20(16-12-50-30(32)34-16)25(42)35-21-26(43)37-22(29(46)47)14(11-49-27(21)37)10-38-6-3-13(4-7-38)5-8-38;/h1-2,12-13,18,21,27H,3-11H2,(H7-,32,33,34,35,36,39,40,41,42,44,45,46,47);/q;+1/p-1/t13?,18-,21+,27+,38?;/m0./s1. The van der Waals surface area contributed by atoms with Crippen LogP contribution in [0, 0.1) is 5.92 Å². The number of piperidine rings is 3. The summed E-state index contributed by atoms with van der Waals surface area (Å²) in [5, 5.41) is 52.1. The number of phenols is 2. The maximum Gasteiger partial charge on any atom is 1.00 e. The van der Waals surface area contributed by atoms with Crippen LogP contribution in [0.2, 0.25) is 5.02 Å². The van der Waals surface area contributed by atoms with Gasteiger partial charge in [0.1, 0.15) is 23.7 Å². The second-order valence-corrected chi connectivity index (χ2v) is 14.8. The maximum atomic E-state index is 13.5. The molecule has 4 saturated heterocycles. The number of thioether (sulfide) groups is 1. The van der Waals surface area contributed by atoms with Gasteiger partial charge in [0.15, 0.2) is 28.4 Å². The van der Waals surface area contributed by atoms with Crippen molar-refractivity contribution in [2.75, 3.05) is 44.2 Å². The summed E-state index contributed by atoms with van der Waals surface area (Å²) in [6.45, 7) is 2.66. The zero-order valence-corrected chi connectivity index (χ0v) is 31.5. The molecule has 51 heavy (non-hydrogen) atoms. The van der Waals surface area contributed by atoms with Gasteiger partial charge >= 0.3 is 29.6 Å². The van der Waals surface area contributed by atoms with E-state index in [1.807, 2.05) is 0 Å². The minimum absolute atomic E-state index is 0. The van der Waals surface area contributed by atoms with Crippen molar-refractivity contribution in [3.8, 4) is 11.5 Å². The van der Waals surface area contributed by atoms with Gasteiger partial charge in [0.2, 0.25) is 0 Å². The maximum absolute atomic E-state index is 13.5. The Morgan fingerprint density at radius 2 is 1.86 bits per heavy atom. The molecule has 1 aromatic carbocycles. The number of anilines is 1. The number of fused-ring (bicyclic) bond motifs is 4. The Kier molecular flexibility index (Phi) is 11.8. The second-order valence-electron chi connectivity index (χ2n) is 12.4. The number of benzene rings is 1. The first kappa shape index (κ1) is 38.6. The number of nitrogens with two attached hydrogens (primary N) is 1. The van der Waals surface area contributed by atoms with Crippen LogP contribution in [-0.4, -0.2) is 116 Å². The number of carboxylic acid groups (broad SMARTS) is 2. The number of aliphatic carboxylic acids is 2. The zero-order chi connectivity index (χ0) is 35.9. The van der Waals surface area contributed by atoms with Gasteiger partial charge in [-0.25, -0.2) is 4.98 Å². The van der Waals surface area contributed by atoms with Crippen LogP contribution in [0.5, 0.6) is 11.5 Å². The van der Waals surface area contributed by atoms with Gasteiger partial charge in [-0.05, 0) is 37.3 Å². The third-order valence-electron chi connectivity index (χ3n) is 9.39. The Hall–Kier alpha value is -3.59. The molecule has 0 aliphatic carbocycles. The number of nitrogens with one attached hydrogen (secondary N) is 2. The van der Waals surface area contributed by atoms with Gasteiger partial charge in [0, 0.05) is 16.7 Å². The number of thiazole rings is 1. The number of quaternary nitrogens is 1. The minimum Gasteiger partial charge on any atom is -0.546 e. The number of aromatic nitrogens is 1. The number of hydrogen-bond acceptors (Lipinski definition) is 15. The average Bonchev–Trinajstić information content (AvgIpc) is 3.53. The summed E-state index contributed by atoms with van der Waals surface area (Å²) in [5.41, 5.74) is 5.23. The smallest absolute Gasteiger partial charge is 0.546 e. The van der Waals surface area contributed by atoms with Crippen LogP contribution in [0.3, 0.4) is 0 Å². The molecule has 6 heterocycles. The first-order valence-electron chi connectivity index (χ1n) is 15.5. The number of hydrogen-bond donors (Lipinski definition) is 5. The van der Waals surface area contributed by atoms with E-state index in [0.29, 0.717) is 17.9 Å². The predicted octanol–water partition coefficient (Wildman–Crippen LogP) is -4.90. The zero-order valence-electron chi connectivity index (χ0n) is 27.1. The van der Waals surface area contributed by atoms with Gasteiger partial charge in [0.25, 0.3) is 17.7 Å². The molecule has 2 aromatic rings. The summed E-state index contributed by atoms with van der Waals surface area (Å²) in [6.07, 6.45) is 1.33. The third kappa shape index (κ3) is 7.79. The SMILES string of the molecule is Nc1nc(/C(=N/O[C@@H](CNC(=O)c2ccc(O)c(O)c2Cl)C(=O)[O-])C(=O)N[C@@H]2C(=O)N3C(C(=O)[O-])=C(C[N+]45CCC(CC4)CC5)CS[C@H]23)cs1.[Na+]. The van der Waals surface area contributed by atoms with Crippen molar-refractivity contribution in [3.05, 3.63) is 45.1 Å². The Bertz CT molecular complexity index is 1820. The van der Waals surface area contributed by atoms with Crippen LogP contribution in [-0.2, 0) is 24.0 Å². The first-order valence-corrected chi connectivity index (χ1v) is 17.8. The van der Waals surface area contributed by atoms with Crippen molar-refractivity contribution in [2.45, 2.75) is 36.8 Å². The van der Waals surface area contributed by atoms with Crippen LogP contribution in [0.25, 0.3) is 0 Å². The van der Waals surface area contributed by atoms with Crippen LogP contribution in [0.4, 0.5) is 5.13 Å². The minimum atomic E-state index is -1.96. The van der Waals surface area contributed by atoms with Gasteiger partial charge in [-0.2, -0.15) is 0 Å². The summed E-state index contributed by atoms with van der Waals surface area (Å²) in [4.78, 5) is 73.9. The summed E-state index contributed by atoms with van der Waals surface area (Å²) in [6, 6.07) is 0.933. The fraction of sp³-hybridized carbons (Fsp3) is 0.433. The molecular formula is C30H31ClN7NaO10S2. The number of amides is 3. The topological polar surface area (TPSA) is 260 Å². The van der Waals surface area contributed by atoms with Crippen LogP contribution < -0.4 is 56.1 Å². The average molecular weight is 772 g/mol. The Labute approximate surface area is 325 Å². The summed E-state index contributed by atoms with van der Waals surface area (Å²) in [7, 11) is 0. The molecule has 5 aliphatic heterocycles. The Morgan fingerprint density at radius 1 is 1.18 bits per heavy atom. The van der Waals surface area contributed by atoms with E-state index in [-0.39, 0.29) is 51.6 Å². The van der Waals surface area contributed by atoms with E-state index in [0.717, 1.165) is 77.7 Å². The van der Waals surface area contributed by atoms with E-state index in [4.69, 9.17) is 22.2 Å². The Morgan fingerprint density at radius 3 is 2.47 bits per heavy atom. The van der Waals surface area contributed by atoms with E-state index in [9.17, 15) is 44.4 Å². The number of phenolic OH excluding ortho intramolecular Hbond substituents is 2. The summed E-state index contributed by atoms with van der Waals surface area (Å²) >= 11 is 8.15. The largest absolute Gasteiger partial charge is 1.00 e. The molecule has 6 N–H and O–H groups in total. The fourth-order valence-electron chi connectivity index (χ4n) is 6.67. The van der Waals surface area contributed by atoms with Crippen molar-refractivity contribution >= 4 is 75.2 Å². The third-order valence-corrected chi connectivity index (χ3v) is 11.8. The molecule has 0 saturated carbocycles. The van der Waals surface area contributed by atoms with Gasteiger partial charge in [0.05, 0.1) is 54.4 Å². The van der Waals surface area contributed by atoms with Crippen molar-refractivity contribution in [2.24, 2.45) is 11.1 Å². The molecule has 1 aromatic heterocycles. The predicted molar refractivity (Wildman–Crippen MR) is 174 cm³/mol. The summed E-state index contributed by atoms with van der Waals surface area (Å²) < 4.78 is 0.789. The van der Waals surface area contributed by atoms with Crippen molar-refractivity contribution in [1.29, 1.82) is 0 Å². The number of nitrogens with zero attached hydrogens (tertiary/aromatic N) is 4. The van der Waals surface area contributed by atoms with Crippen molar-refractivity contribution in [1.82, 2.24) is 20.5 Å². The molecule has 21 heteroatoms. The van der Waals surface area contributed by atoms with Gasteiger partial charge in [-0.3, -0.25) is 19.3 Å². The molecule has 5 aliphatic rings. The number of halogens is 1. The van der Waals surface area contributed by atoms with Crippen LogP contribution in [0.1, 0.15) is 35.3 Å². The molecule has 266 valence electrons. The van der Waals surface area contributed by atoms with Crippen molar-refractivity contribution in [3.63, 3.8) is 0 Å². The number of carboxylic acids is 2. The number of nitrogen functional groups attached to an aromatic ring is 1. The quantitative estimate of drug-likeness (QED) is 0.0339. The van der Waals surface area contributed by atoms with E-state index >= 15 is 0 Å². The van der Waals surface area contributed by atoms with Gasteiger partial charge in [-0.1, -0.05) is 16.8 Å². The molecule has 0 radical (unpaired) electrons. The van der Waals surface area contributed by atoms with E-state index in [1.165, 1.54) is 17.1 Å². The van der Waals surface area contributed by atoms with Crippen LogP contribution in [0.15, 0.2) is 33.9 Å². The number of β-lactam (4-membered cyclic amide) rings is 1. The molecule has 0 spiro atoms. The summed E-state index contributed by atoms with van der Waals surface area (Å²) in [5.74, 6) is -6.19. The molecular weight excluding hydrogens is 741 g/mol.